The molecule has 7 heteroatoms. The molecule has 33 heavy (non-hydrogen) atoms. The highest BCUT2D eigenvalue weighted by Gasteiger charge is 2.43. The summed E-state index contributed by atoms with van der Waals surface area (Å²) in [7, 11) is 1.59. The number of hydrogen-bond acceptors (Lipinski definition) is 4. The van der Waals surface area contributed by atoms with Crippen LogP contribution in [0.4, 0.5) is 5.69 Å². The predicted octanol–water partition coefficient (Wildman–Crippen LogP) is 4.22. The fourth-order valence-corrected chi connectivity index (χ4v) is 4.17. The van der Waals surface area contributed by atoms with Crippen LogP contribution in [0, 0.1) is 0 Å². The maximum absolute atomic E-state index is 13.4. The van der Waals surface area contributed by atoms with Crippen LogP contribution in [0.5, 0.6) is 5.75 Å². The first kappa shape index (κ1) is 22.5. The third-order valence-corrected chi connectivity index (χ3v) is 5.99. The van der Waals surface area contributed by atoms with Crippen LogP contribution in [-0.4, -0.2) is 39.9 Å². The van der Waals surface area contributed by atoms with Crippen LogP contribution < -0.4 is 10.1 Å². The van der Waals surface area contributed by atoms with Crippen molar-refractivity contribution in [1.82, 2.24) is 9.80 Å². The van der Waals surface area contributed by atoms with Gasteiger partial charge in [0, 0.05) is 12.2 Å². The minimum absolute atomic E-state index is 0.00310. The average Bonchev–Trinajstić information content (AvgIpc) is 3.05. The molecule has 2 amide bonds. The van der Waals surface area contributed by atoms with Gasteiger partial charge < -0.3 is 15.0 Å². The lowest BCUT2D eigenvalue weighted by Gasteiger charge is -2.24. The fraction of sp³-hybridized carbons (Fsp3) is 0.192. The molecule has 1 aliphatic heterocycles. The summed E-state index contributed by atoms with van der Waals surface area (Å²) in [6, 6.07) is 25.9. The second-order valence-electron chi connectivity index (χ2n) is 7.80. The van der Waals surface area contributed by atoms with Crippen LogP contribution in [0.2, 0.25) is 0 Å². The van der Waals surface area contributed by atoms with Gasteiger partial charge in [-0.15, -0.1) is 0 Å². The van der Waals surface area contributed by atoms with E-state index in [-0.39, 0.29) is 18.2 Å². The zero-order chi connectivity index (χ0) is 23.2. The molecule has 0 saturated carbocycles. The fourth-order valence-electron chi connectivity index (χ4n) is 3.82. The Morgan fingerprint density at radius 3 is 2.06 bits per heavy atom. The number of thiocarbonyl (C=S) groups is 1. The second kappa shape index (κ2) is 10.3. The van der Waals surface area contributed by atoms with Crippen molar-refractivity contribution in [2.75, 3.05) is 12.4 Å². The standard InChI is InChI=1S/C26H25N3O3S/c1-32-22-14-12-21(13-15-22)27-24(30)16-23-25(31)29(18-20-10-6-3-7-11-20)26(33)28(23)17-19-8-4-2-5-9-19/h2-15,23H,16-18H2,1H3,(H,27,30)/t23-/m1/s1. The number of nitrogens with zero attached hydrogens (tertiary/aromatic N) is 2. The number of nitrogens with one attached hydrogen (secondary N) is 1. The van der Waals surface area contributed by atoms with E-state index < -0.39 is 6.04 Å². The van der Waals surface area contributed by atoms with E-state index in [0.29, 0.717) is 29.6 Å². The van der Waals surface area contributed by atoms with Gasteiger partial charge in [0.1, 0.15) is 11.8 Å². The number of carbonyl (C=O) groups is 2. The Kier molecular flexibility index (Phi) is 7.00. The molecule has 4 rings (SSSR count). The summed E-state index contributed by atoms with van der Waals surface area (Å²) < 4.78 is 5.16. The Balaban J connectivity index is 1.53. The quantitative estimate of drug-likeness (QED) is 0.511. The number of anilines is 1. The molecular weight excluding hydrogens is 434 g/mol. The van der Waals surface area contributed by atoms with Crippen LogP contribution in [0.3, 0.4) is 0 Å². The molecule has 1 aliphatic rings. The Morgan fingerprint density at radius 1 is 0.909 bits per heavy atom. The summed E-state index contributed by atoms with van der Waals surface area (Å²) in [5.74, 6) is 0.292. The molecule has 0 radical (unpaired) electrons. The molecule has 168 valence electrons. The molecule has 0 aromatic heterocycles. The summed E-state index contributed by atoms with van der Waals surface area (Å²) in [5.41, 5.74) is 2.65. The molecule has 3 aromatic rings. The van der Waals surface area contributed by atoms with Crippen molar-refractivity contribution in [2.24, 2.45) is 0 Å². The van der Waals surface area contributed by atoms with Gasteiger partial charge in [0.15, 0.2) is 5.11 Å². The molecular formula is C26H25N3O3S. The molecule has 3 aromatic carbocycles. The highest BCUT2D eigenvalue weighted by molar-refractivity contribution is 7.80. The topological polar surface area (TPSA) is 61.9 Å². The van der Waals surface area contributed by atoms with Gasteiger partial charge in [-0.25, -0.2) is 0 Å². The number of methoxy groups -OCH3 is 1. The van der Waals surface area contributed by atoms with E-state index in [2.05, 4.69) is 5.32 Å². The summed E-state index contributed by atoms with van der Waals surface area (Å²) in [6.45, 7) is 0.831. The van der Waals surface area contributed by atoms with Gasteiger partial charge in [-0.05, 0) is 47.6 Å². The molecule has 0 unspecified atom stereocenters. The maximum atomic E-state index is 13.4. The normalized spacial score (nSPS) is 15.6. The first-order valence-electron chi connectivity index (χ1n) is 10.7. The third-order valence-electron chi connectivity index (χ3n) is 5.54. The van der Waals surface area contributed by atoms with Gasteiger partial charge in [0.05, 0.1) is 20.1 Å². The van der Waals surface area contributed by atoms with Gasteiger partial charge in [0.2, 0.25) is 5.91 Å². The SMILES string of the molecule is COc1ccc(NC(=O)C[C@@H]2C(=O)N(Cc3ccccc3)C(=S)N2Cc2ccccc2)cc1. The van der Waals surface area contributed by atoms with Crippen molar-refractivity contribution in [3.63, 3.8) is 0 Å². The molecule has 1 fully saturated rings. The summed E-state index contributed by atoms with van der Waals surface area (Å²) >= 11 is 5.71. The second-order valence-corrected chi connectivity index (χ2v) is 8.17. The van der Waals surface area contributed by atoms with Gasteiger partial charge in [0.25, 0.3) is 5.91 Å². The van der Waals surface area contributed by atoms with Crippen LogP contribution in [0.1, 0.15) is 17.5 Å². The van der Waals surface area contributed by atoms with E-state index in [1.165, 1.54) is 0 Å². The van der Waals surface area contributed by atoms with Crippen molar-refractivity contribution >= 4 is 34.8 Å². The molecule has 0 bridgehead atoms. The van der Waals surface area contributed by atoms with E-state index in [1.54, 1.807) is 36.3 Å². The van der Waals surface area contributed by atoms with Crippen molar-refractivity contribution in [3.05, 3.63) is 96.1 Å². The molecule has 6 nitrogen and oxygen atoms in total. The largest absolute Gasteiger partial charge is 0.497 e. The Hall–Kier alpha value is -3.71. The van der Waals surface area contributed by atoms with Crippen molar-refractivity contribution in [3.8, 4) is 5.75 Å². The number of amides is 2. The lowest BCUT2D eigenvalue weighted by Crippen LogP contribution is -2.37. The van der Waals surface area contributed by atoms with Gasteiger partial charge >= 0.3 is 0 Å². The number of hydrogen-bond donors (Lipinski definition) is 1. The van der Waals surface area contributed by atoms with E-state index >= 15 is 0 Å². The van der Waals surface area contributed by atoms with E-state index in [9.17, 15) is 9.59 Å². The number of rotatable bonds is 8. The van der Waals surface area contributed by atoms with E-state index in [1.807, 2.05) is 65.6 Å². The smallest absolute Gasteiger partial charge is 0.252 e. The lowest BCUT2D eigenvalue weighted by atomic mass is 10.1. The van der Waals surface area contributed by atoms with Gasteiger partial charge in [-0.2, -0.15) is 0 Å². The third kappa shape index (κ3) is 5.38. The van der Waals surface area contributed by atoms with Crippen molar-refractivity contribution < 1.29 is 14.3 Å². The molecule has 1 atom stereocenters. The first-order chi connectivity index (χ1) is 16.0. The number of carbonyl (C=O) groups excluding carboxylic acids is 2. The highest BCUT2D eigenvalue weighted by atomic mass is 32.1. The van der Waals surface area contributed by atoms with Gasteiger partial charge in [-0.3, -0.25) is 14.5 Å². The molecule has 0 aliphatic carbocycles. The van der Waals surface area contributed by atoms with Crippen LogP contribution >= 0.6 is 12.2 Å². The Labute approximate surface area is 198 Å². The maximum Gasteiger partial charge on any atom is 0.252 e. The van der Waals surface area contributed by atoms with Crippen LogP contribution in [0.15, 0.2) is 84.9 Å². The van der Waals surface area contributed by atoms with Gasteiger partial charge in [-0.1, -0.05) is 60.7 Å². The molecule has 0 spiro atoms. The number of benzene rings is 3. The average molecular weight is 460 g/mol. The van der Waals surface area contributed by atoms with Crippen molar-refractivity contribution in [1.29, 1.82) is 0 Å². The van der Waals surface area contributed by atoms with E-state index in [4.69, 9.17) is 17.0 Å². The van der Waals surface area contributed by atoms with Crippen molar-refractivity contribution in [2.45, 2.75) is 25.6 Å². The Morgan fingerprint density at radius 2 is 1.48 bits per heavy atom. The molecule has 1 heterocycles. The first-order valence-corrected chi connectivity index (χ1v) is 11.1. The molecule has 1 N–H and O–H groups in total. The number of ether oxygens (including phenoxy) is 1. The zero-order valence-corrected chi connectivity index (χ0v) is 19.1. The minimum atomic E-state index is -0.667. The zero-order valence-electron chi connectivity index (χ0n) is 18.3. The summed E-state index contributed by atoms with van der Waals surface area (Å²) in [5, 5.41) is 3.31. The summed E-state index contributed by atoms with van der Waals surface area (Å²) in [4.78, 5) is 29.7. The van der Waals surface area contributed by atoms with E-state index in [0.717, 1.165) is 11.1 Å². The lowest BCUT2D eigenvalue weighted by molar-refractivity contribution is -0.131. The summed E-state index contributed by atoms with van der Waals surface area (Å²) in [6.07, 6.45) is 0.00310. The molecule has 1 saturated heterocycles. The van der Waals surface area contributed by atoms with Crippen LogP contribution in [-0.2, 0) is 22.7 Å². The highest BCUT2D eigenvalue weighted by Crippen LogP contribution is 2.26. The monoisotopic (exact) mass is 459 g/mol. The predicted molar refractivity (Wildman–Crippen MR) is 132 cm³/mol. The van der Waals surface area contributed by atoms with Crippen LogP contribution in [0.25, 0.3) is 0 Å². The minimum Gasteiger partial charge on any atom is -0.497 e. The Bertz CT molecular complexity index is 1120.